The first kappa shape index (κ1) is 18.0. The van der Waals surface area contributed by atoms with Crippen LogP contribution in [0, 0.1) is 5.82 Å². The van der Waals surface area contributed by atoms with Crippen molar-refractivity contribution in [1.29, 1.82) is 0 Å². The van der Waals surface area contributed by atoms with Gasteiger partial charge in [-0.3, -0.25) is 5.10 Å². The van der Waals surface area contributed by atoms with Crippen molar-refractivity contribution in [2.24, 2.45) is 5.14 Å². The zero-order valence-electron chi connectivity index (χ0n) is 14.8. The zero-order valence-corrected chi connectivity index (χ0v) is 15.6. The average molecular weight is 397 g/mol. The molecule has 0 aliphatic rings. The first-order chi connectivity index (χ1) is 13.5. The highest BCUT2D eigenvalue weighted by molar-refractivity contribution is 7.82. The summed E-state index contributed by atoms with van der Waals surface area (Å²) in [6.45, 7) is 0. The van der Waals surface area contributed by atoms with Crippen molar-refractivity contribution in [3.8, 4) is 0 Å². The lowest BCUT2D eigenvalue weighted by Crippen LogP contribution is -2.15. The number of H-pyrrole nitrogens is 1. The molecule has 0 fully saturated rings. The van der Waals surface area contributed by atoms with Crippen LogP contribution in [-0.4, -0.2) is 31.4 Å². The molecule has 8 nitrogen and oxygen atoms in total. The number of rotatable bonds is 5. The Morgan fingerprint density at radius 2 is 2.04 bits per heavy atom. The predicted octanol–water partition coefficient (Wildman–Crippen LogP) is 2.98. The van der Waals surface area contributed by atoms with Gasteiger partial charge in [-0.1, -0.05) is 12.1 Å². The van der Waals surface area contributed by atoms with Gasteiger partial charge in [0.05, 0.1) is 28.5 Å². The average Bonchev–Trinajstić information content (AvgIpc) is 3.18. The first-order valence-electron chi connectivity index (χ1n) is 8.24. The molecule has 1 unspecified atom stereocenters. The fourth-order valence-electron chi connectivity index (χ4n) is 2.84. The molecule has 4 N–H and O–H groups in total. The van der Waals surface area contributed by atoms with Crippen molar-refractivity contribution in [2.75, 3.05) is 17.3 Å². The lowest BCUT2D eigenvalue weighted by atomic mass is 10.2. The summed E-state index contributed by atoms with van der Waals surface area (Å²) in [5.41, 5.74) is 2.17. The summed E-state index contributed by atoms with van der Waals surface area (Å²) in [5, 5.41) is 16.2. The Bertz CT molecular complexity index is 1180. The molecule has 0 saturated carbocycles. The molecule has 4 aromatic rings. The number of halogens is 1. The van der Waals surface area contributed by atoms with Gasteiger partial charge >= 0.3 is 0 Å². The molecule has 4 rings (SSSR count). The van der Waals surface area contributed by atoms with Crippen molar-refractivity contribution in [3.63, 3.8) is 0 Å². The molecule has 2 heterocycles. The number of benzene rings is 2. The van der Waals surface area contributed by atoms with Gasteiger partial charge in [-0.05, 0) is 30.3 Å². The summed E-state index contributed by atoms with van der Waals surface area (Å²) >= 11 is 0. The Labute approximate surface area is 162 Å². The fourth-order valence-corrected chi connectivity index (χ4v) is 3.30. The third-order valence-electron chi connectivity index (χ3n) is 4.19. The summed E-state index contributed by atoms with van der Waals surface area (Å²) < 4.78 is 25.9. The van der Waals surface area contributed by atoms with E-state index < -0.39 is 16.8 Å². The van der Waals surface area contributed by atoms with Crippen LogP contribution in [0.25, 0.3) is 10.9 Å². The summed E-state index contributed by atoms with van der Waals surface area (Å²) in [4.78, 5) is 10.4. The third kappa shape index (κ3) is 3.42. The molecule has 1 atom stereocenters. The van der Waals surface area contributed by atoms with Crippen LogP contribution in [0.1, 0.15) is 0 Å². The lowest BCUT2D eigenvalue weighted by Gasteiger charge is -2.20. The van der Waals surface area contributed by atoms with E-state index >= 15 is 0 Å². The second-order valence-corrected chi connectivity index (χ2v) is 7.05. The number of hydrogen-bond acceptors (Lipinski definition) is 6. The monoisotopic (exact) mass is 397 g/mol. The molecule has 0 radical (unpaired) electrons. The molecule has 142 valence electrons. The Morgan fingerprint density at radius 3 is 2.86 bits per heavy atom. The summed E-state index contributed by atoms with van der Waals surface area (Å²) in [5.74, 6) is -0.266. The number of fused-ring (bicyclic) bond motifs is 1. The van der Waals surface area contributed by atoms with E-state index in [1.54, 1.807) is 42.4 Å². The highest BCUT2D eigenvalue weighted by Crippen LogP contribution is 2.31. The second kappa shape index (κ2) is 7.33. The Morgan fingerprint density at radius 1 is 1.21 bits per heavy atom. The van der Waals surface area contributed by atoms with Crippen LogP contribution in [0.2, 0.25) is 0 Å². The van der Waals surface area contributed by atoms with Crippen LogP contribution in [0.4, 0.5) is 27.5 Å². The van der Waals surface area contributed by atoms with Crippen molar-refractivity contribution in [1.82, 2.24) is 20.2 Å². The Balaban J connectivity index is 1.68. The maximum Gasteiger partial charge on any atom is 0.229 e. The predicted molar refractivity (Wildman–Crippen MR) is 106 cm³/mol. The van der Waals surface area contributed by atoms with Gasteiger partial charge in [0.2, 0.25) is 5.95 Å². The van der Waals surface area contributed by atoms with Crippen molar-refractivity contribution >= 4 is 45.0 Å². The van der Waals surface area contributed by atoms with E-state index in [4.69, 9.17) is 5.14 Å². The second-order valence-electron chi connectivity index (χ2n) is 5.98. The number of aromatic amines is 1. The summed E-state index contributed by atoms with van der Waals surface area (Å²) in [7, 11) is 0.112. The van der Waals surface area contributed by atoms with Gasteiger partial charge < -0.3 is 10.2 Å². The van der Waals surface area contributed by atoms with Crippen molar-refractivity contribution in [2.45, 2.75) is 4.90 Å². The van der Waals surface area contributed by atoms with Crippen LogP contribution >= 0.6 is 0 Å². The van der Waals surface area contributed by atoms with Crippen molar-refractivity contribution in [3.05, 3.63) is 60.7 Å². The van der Waals surface area contributed by atoms with Gasteiger partial charge in [0, 0.05) is 18.1 Å². The van der Waals surface area contributed by atoms with Crippen LogP contribution in [0.5, 0.6) is 0 Å². The molecule has 0 spiro atoms. The smallest absolute Gasteiger partial charge is 0.229 e. The Hall–Kier alpha value is -3.37. The van der Waals surface area contributed by atoms with E-state index in [0.29, 0.717) is 10.6 Å². The number of nitrogens with zero attached hydrogens (tertiary/aromatic N) is 4. The third-order valence-corrected chi connectivity index (χ3v) is 4.91. The lowest BCUT2D eigenvalue weighted by molar-refractivity contribution is 0.614. The molecule has 0 aliphatic heterocycles. The number of aromatic nitrogens is 4. The highest BCUT2D eigenvalue weighted by atomic mass is 32.2. The minimum atomic E-state index is -1.60. The van der Waals surface area contributed by atoms with E-state index in [9.17, 15) is 8.60 Å². The molecule has 0 saturated heterocycles. The minimum absolute atomic E-state index is 0.102. The molecular formula is C18H16FN7OS. The zero-order chi connectivity index (χ0) is 19.7. The molecular weight excluding hydrogens is 381 g/mol. The maximum atomic E-state index is 14.5. The molecule has 0 bridgehead atoms. The standard InChI is InChI=1S/C18H16FN7OS/c1-26(16-7-3-6-15-13(16)9-22-25-15)17-14(19)10-21-18(24-17)23-11-4-2-5-12(8-11)28(20)27/h2-10H,20H2,1H3,(H,22,25)(H,21,23,24). The number of nitrogens with one attached hydrogen (secondary N) is 2. The van der Waals surface area contributed by atoms with Gasteiger partial charge in [-0.2, -0.15) is 10.1 Å². The normalized spacial score (nSPS) is 12.1. The first-order valence-corrected chi connectivity index (χ1v) is 9.46. The number of hydrogen-bond donors (Lipinski definition) is 3. The molecule has 0 aliphatic carbocycles. The minimum Gasteiger partial charge on any atom is -0.326 e. The fraction of sp³-hybridized carbons (Fsp3) is 0.0556. The molecule has 0 amide bonds. The number of anilines is 4. The van der Waals surface area contributed by atoms with Crippen molar-refractivity contribution < 1.29 is 8.60 Å². The van der Waals surface area contributed by atoms with Gasteiger partial charge in [-0.25, -0.2) is 18.7 Å². The largest absolute Gasteiger partial charge is 0.326 e. The molecule has 2 aromatic heterocycles. The molecule has 10 heteroatoms. The SMILES string of the molecule is CN(c1nc(Nc2cccc(S(N)=O)c2)ncc1F)c1cccc2[nH]ncc12. The van der Waals surface area contributed by atoms with Crippen LogP contribution < -0.4 is 15.4 Å². The van der Waals surface area contributed by atoms with E-state index in [1.165, 1.54) is 0 Å². The van der Waals surface area contributed by atoms with E-state index in [-0.39, 0.29) is 11.8 Å². The maximum absolute atomic E-state index is 14.5. The van der Waals surface area contributed by atoms with Crippen LogP contribution in [0.15, 0.2) is 59.8 Å². The number of nitrogens with two attached hydrogens (primary N) is 1. The Kier molecular flexibility index (Phi) is 4.72. The quantitative estimate of drug-likeness (QED) is 0.477. The highest BCUT2D eigenvalue weighted by Gasteiger charge is 2.16. The van der Waals surface area contributed by atoms with Gasteiger partial charge in [0.1, 0.15) is 11.0 Å². The summed E-state index contributed by atoms with van der Waals surface area (Å²) in [6.07, 6.45) is 2.78. The molecule has 2 aromatic carbocycles. The molecule has 28 heavy (non-hydrogen) atoms. The van der Waals surface area contributed by atoms with Gasteiger partial charge in [-0.15, -0.1) is 0 Å². The van der Waals surface area contributed by atoms with Crippen LogP contribution in [0.3, 0.4) is 0 Å². The van der Waals surface area contributed by atoms with Gasteiger partial charge in [0.25, 0.3) is 0 Å². The van der Waals surface area contributed by atoms with E-state index in [1.807, 2.05) is 18.2 Å². The van der Waals surface area contributed by atoms with E-state index in [0.717, 1.165) is 22.8 Å². The summed E-state index contributed by atoms with van der Waals surface area (Å²) in [6, 6.07) is 12.3. The van der Waals surface area contributed by atoms with Gasteiger partial charge in [0.15, 0.2) is 11.6 Å². The van der Waals surface area contributed by atoms with E-state index in [2.05, 4.69) is 25.5 Å². The topological polar surface area (TPSA) is 113 Å². The van der Waals surface area contributed by atoms with Crippen LogP contribution in [-0.2, 0) is 11.0 Å².